The van der Waals surface area contributed by atoms with Crippen molar-refractivity contribution < 1.29 is 0 Å². The summed E-state index contributed by atoms with van der Waals surface area (Å²) in [4.78, 5) is 8.86. The van der Waals surface area contributed by atoms with E-state index in [0.29, 0.717) is 6.54 Å². The number of nitrogens with one attached hydrogen (secondary N) is 2. The Labute approximate surface area is 175 Å². The minimum absolute atomic E-state index is 0. The first kappa shape index (κ1) is 20.5. The van der Waals surface area contributed by atoms with Crippen molar-refractivity contribution in [2.75, 3.05) is 13.6 Å². The van der Waals surface area contributed by atoms with Crippen molar-refractivity contribution in [1.29, 1.82) is 0 Å². The summed E-state index contributed by atoms with van der Waals surface area (Å²) >= 11 is 6.01. The van der Waals surface area contributed by atoms with Gasteiger partial charge in [-0.25, -0.2) is 4.98 Å². The van der Waals surface area contributed by atoms with Crippen molar-refractivity contribution in [3.63, 3.8) is 0 Å². The first-order chi connectivity index (χ1) is 12.2. The summed E-state index contributed by atoms with van der Waals surface area (Å²) in [6.07, 6.45) is 0. The number of imidazole rings is 1. The zero-order chi connectivity index (χ0) is 17.6. The average molecular weight is 484 g/mol. The number of benzene rings is 2. The number of aryl methyl sites for hydroxylation is 1. The Hall–Kier alpha value is -1.80. The summed E-state index contributed by atoms with van der Waals surface area (Å²) < 4.78 is 2.21. The highest BCUT2D eigenvalue weighted by Gasteiger charge is 2.06. The van der Waals surface area contributed by atoms with Crippen LogP contribution in [0.25, 0.3) is 11.0 Å². The third-order valence-corrected chi connectivity index (χ3v) is 4.28. The molecule has 0 atom stereocenters. The minimum atomic E-state index is 0. The Morgan fingerprint density at radius 1 is 1.15 bits per heavy atom. The topological polar surface area (TPSA) is 54.2 Å². The van der Waals surface area contributed by atoms with Gasteiger partial charge in [-0.1, -0.05) is 35.9 Å². The Bertz CT molecular complexity index is 891. The second kappa shape index (κ2) is 9.78. The van der Waals surface area contributed by atoms with Gasteiger partial charge in [-0.2, -0.15) is 0 Å². The number of hydrogen-bond donors (Lipinski definition) is 2. The largest absolute Gasteiger partial charge is 0.355 e. The number of para-hydroxylation sites is 2. The van der Waals surface area contributed by atoms with E-state index in [9.17, 15) is 0 Å². The van der Waals surface area contributed by atoms with Crippen molar-refractivity contribution in [3.05, 3.63) is 64.9 Å². The number of halogens is 2. The maximum absolute atomic E-state index is 6.01. The van der Waals surface area contributed by atoms with E-state index in [1.54, 1.807) is 7.05 Å². The molecule has 1 aromatic heterocycles. The average Bonchev–Trinajstić information content (AvgIpc) is 2.93. The lowest BCUT2D eigenvalue weighted by Gasteiger charge is -2.13. The molecule has 0 unspecified atom stereocenters. The Kier molecular flexibility index (Phi) is 7.71. The highest BCUT2D eigenvalue weighted by Crippen LogP contribution is 2.14. The minimum Gasteiger partial charge on any atom is -0.355 e. The lowest BCUT2D eigenvalue weighted by molar-refractivity contribution is 0.660. The molecule has 26 heavy (non-hydrogen) atoms. The smallest absolute Gasteiger partial charge is 0.191 e. The van der Waals surface area contributed by atoms with Gasteiger partial charge in [-0.15, -0.1) is 24.0 Å². The van der Waals surface area contributed by atoms with Crippen LogP contribution in [0.2, 0.25) is 5.02 Å². The zero-order valence-corrected chi connectivity index (χ0v) is 18.0. The molecule has 138 valence electrons. The molecular formula is C19H23ClIN5. The third-order valence-electron chi connectivity index (χ3n) is 4.05. The van der Waals surface area contributed by atoms with E-state index in [2.05, 4.69) is 31.2 Å². The van der Waals surface area contributed by atoms with Gasteiger partial charge in [-0.05, 0) is 36.8 Å². The van der Waals surface area contributed by atoms with Crippen LogP contribution >= 0.6 is 35.6 Å². The lowest BCUT2D eigenvalue weighted by Crippen LogP contribution is -2.38. The molecule has 5 nitrogen and oxygen atoms in total. The Morgan fingerprint density at radius 3 is 2.73 bits per heavy atom. The summed E-state index contributed by atoms with van der Waals surface area (Å²) in [6, 6.07) is 16.0. The number of aliphatic imine (C=N–C) groups is 1. The van der Waals surface area contributed by atoms with Crippen molar-refractivity contribution in [2.45, 2.75) is 20.0 Å². The second-order valence-corrected chi connectivity index (χ2v) is 6.22. The van der Waals surface area contributed by atoms with E-state index in [-0.39, 0.29) is 24.0 Å². The molecule has 0 fully saturated rings. The van der Waals surface area contributed by atoms with Crippen molar-refractivity contribution in [2.24, 2.45) is 4.99 Å². The van der Waals surface area contributed by atoms with E-state index < -0.39 is 0 Å². The number of aromatic nitrogens is 2. The maximum Gasteiger partial charge on any atom is 0.191 e. The quantitative estimate of drug-likeness (QED) is 0.328. The number of fused-ring (bicyclic) bond motifs is 1. The monoisotopic (exact) mass is 483 g/mol. The Morgan fingerprint density at radius 2 is 1.96 bits per heavy atom. The van der Waals surface area contributed by atoms with E-state index in [1.165, 1.54) is 0 Å². The van der Waals surface area contributed by atoms with Crippen molar-refractivity contribution >= 4 is 52.6 Å². The molecule has 0 aliphatic rings. The highest BCUT2D eigenvalue weighted by molar-refractivity contribution is 14.0. The fraction of sp³-hybridized carbons (Fsp3) is 0.263. The van der Waals surface area contributed by atoms with Crippen LogP contribution in [-0.2, 0) is 13.1 Å². The summed E-state index contributed by atoms with van der Waals surface area (Å²) in [5, 5.41) is 7.38. The van der Waals surface area contributed by atoms with Gasteiger partial charge >= 0.3 is 0 Å². The van der Waals surface area contributed by atoms with Gasteiger partial charge in [0.2, 0.25) is 0 Å². The third kappa shape index (κ3) is 5.11. The molecule has 0 aliphatic heterocycles. The van der Waals surface area contributed by atoms with Crippen LogP contribution in [0.4, 0.5) is 0 Å². The molecular weight excluding hydrogens is 461 g/mol. The summed E-state index contributed by atoms with van der Waals surface area (Å²) in [5.41, 5.74) is 3.30. The van der Waals surface area contributed by atoms with E-state index >= 15 is 0 Å². The molecule has 0 amide bonds. The van der Waals surface area contributed by atoms with Gasteiger partial charge in [0.15, 0.2) is 5.96 Å². The molecule has 0 saturated carbocycles. The van der Waals surface area contributed by atoms with Crippen molar-refractivity contribution in [1.82, 2.24) is 20.2 Å². The maximum atomic E-state index is 6.01. The fourth-order valence-corrected chi connectivity index (χ4v) is 3.03. The van der Waals surface area contributed by atoms with Gasteiger partial charge in [0.1, 0.15) is 5.82 Å². The summed E-state index contributed by atoms with van der Waals surface area (Å²) in [7, 11) is 1.77. The molecule has 7 heteroatoms. The van der Waals surface area contributed by atoms with Gasteiger partial charge in [0.25, 0.3) is 0 Å². The summed E-state index contributed by atoms with van der Waals surface area (Å²) in [6.45, 7) is 4.29. The first-order valence-electron chi connectivity index (χ1n) is 8.28. The van der Waals surface area contributed by atoms with Gasteiger partial charge in [0, 0.05) is 31.7 Å². The van der Waals surface area contributed by atoms with Crippen LogP contribution in [0.15, 0.2) is 53.5 Å². The normalized spacial score (nSPS) is 11.3. The highest BCUT2D eigenvalue weighted by atomic mass is 127. The van der Waals surface area contributed by atoms with E-state index in [4.69, 9.17) is 11.6 Å². The van der Waals surface area contributed by atoms with E-state index in [0.717, 1.165) is 46.5 Å². The predicted molar refractivity (Wildman–Crippen MR) is 120 cm³/mol. The molecule has 1 heterocycles. The number of rotatable bonds is 5. The summed E-state index contributed by atoms with van der Waals surface area (Å²) in [5.74, 6) is 1.78. The SMILES string of the molecule is CN=C(NCCn1c(C)nc2ccccc21)NCc1cccc(Cl)c1.I. The fourth-order valence-electron chi connectivity index (χ4n) is 2.82. The first-order valence-corrected chi connectivity index (χ1v) is 8.66. The number of guanidine groups is 1. The van der Waals surface area contributed by atoms with Gasteiger partial charge < -0.3 is 15.2 Å². The molecule has 0 radical (unpaired) electrons. The molecule has 2 aromatic carbocycles. The van der Waals surface area contributed by atoms with Gasteiger partial charge in [-0.3, -0.25) is 4.99 Å². The molecule has 0 aliphatic carbocycles. The van der Waals surface area contributed by atoms with Gasteiger partial charge in [0.05, 0.1) is 11.0 Å². The molecule has 3 aromatic rings. The number of hydrogen-bond acceptors (Lipinski definition) is 2. The standard InChI is InChI=1S/C19H22ClN5.HI/c1-14-24-17-8-3-4-9-18(17)25(14)11-10-22-19(21-2)23-13-15-6-5-7-16(20)12-15;/h3-9,12H,10-11,13H2,1-2H3,(H2,21,22,23);1H. The molecule has 0 spiro atoms. The predicted octanol–water partition coefficient (Wildman–Crippen LogP) is 3.98. The Balaban J connectivity index is 0.00000243. The molecule has 0 bridgehead atoms. The molecule has 3 rings (SSSR count). The molecule has 0 saturated heterocycles. The van der Waals surface area contributed by atoms with Crippen LogP contribution in [0.5, 0.6) is 0 Å². The van der Waals surface area contributed by atoms with Crippen LogP contribution < -0.4 is 10.6 Å². The second-order valence-electron chi connectivity index (χ2n) is 5.78. The molecule has 2 N–H and O–H groups in total. The van der Waals surface area contributed by atoms with Crippen LogP contribution in [0, 0.1) is 6.92 Å². The van der Waals surface area contributed by atoms with Crippen molar-refractivity contribution in [3.8, 4) is 0 Å². The van der Waals surface area contributed by atoms with E-state index in [1.807, 2.05) is 49.4 Å². The zero-order valence-electron chi connectivity index (χ0n) is 14.9. The van der Waals surface area contributed by atoms with Crippen LogP contribution in [0.3, 0.4) is 0 Å². The van der Waals surface area contributed by atoms with Crippen LogP contribution in [-0.4, -0.2) is 29.1 Å². The lowest BCUT2D eigenvalue weighted by atomic mass is 10.2. The number of nitrogens with zero attached hydrogens (tertiary/aromatic N) is 3. The van der Waals surface area contributed by atoms with Crippen LogP contribution in [0.1, 0.15) is 11.4 Å².